The zero-order valence-electron chi connectivity index (χ0n) is 11.6. The topological polar surface area (TPSA) is 46.5 Å². The van der Waals surface area contributed by atoms with Crippen LogP contribution in [-0.4, -0.2) is 39.9 Å². The van der Waals surface area contributed by atoms with Crippen molar-refractivity contribution in [2.24, 2.45) is 17.3 Å². The predicted molar refractivity (Wildman–Crippen MR) is 79.2 cm³/mol. The fourth-order valence-electron chi connectivity index (χ4n) is 4.31. The second kappa shape index (κ2) is 4.85. The van der Waals surface area contributed by atoms with Crippen molar-refractivity contribution < 1.29 is 14.6 Å². The summed E-state index contributed by atoms with van der Waals surface area (Å²) in [6, 6.07) is 0. The van der Waals surface area contributed by atoms with Crippen molar-refractivity contribution in [2.45, 2.75) is 42.8 Å². The molecule has 3 rings (SSSR count). The van der Waals surface area contributed by atoms with Crippen LogP contribution in [0.1, 0.15) is 32.6 Å². The monoisotopic (exact) mass is 302 g/mol. The molecule has 1 heterocycles. The summed E-state index contributed by atoms with van der Waals surface area (Å²) >= 11 is 3.89. The van der Waals surface area contributed by atoms with E-state index in [1.807, 2.05) is 23.5 Å². The fraction of sp³-hybridized carbons (Fsp3) is 0.929. The van der Waals surface area contributed by atoms with Gasteiger partial charge in [-0.15, -0.1) is 23.5 Å². The zero-order chi connectivity index (χ0) is 13.7. The number of aliphatic hydroxyl groups excluding tert-OH is 1. The maximum atomic E-state index is 12.4. The van der Waals surface area contributed by atoms with Gasteiger partial charge in [-0.05, 0) is 37.0 Å². The normalized spacial score (nSPS) is 44.3. The highest BCUT2D eigenvalue weighted by atomic mass is 32.2. The van der Waals surface area contributed by atoms with E-state index in [0.717, 1.165) is 37.2 Å². The lowest BCUT2D eigenvalue weighted by Crippen LogP contribution is -2.52. The van der Waals surface area contributed by atoms with E-state index in [4.69, 9.17) is 4.74 Å². The van der Waals surface area contributed by atoms with E-state index in [0.29, 0.717) is 0 Å². The van der Waals surface area contributed by atoms with Crippen LogP contribution >= 0.6 is 23.5 Å². The Morgan fingerprint density at radius 1 is 1.26 bits per heavy atom. The van der Waals surface area contributed by atoms with Gasteiger partial charge in [0, 0.05) is 11.5 Å². The number of esters is 1. The summed E-state index contributed by atoms with van der Waals surface area (Å²) in [6.07, 6.45) is 3.59. The Hall–Kier alpha value is 0.130. The van der Waals surface area contributed by atoms with Crippen molar-refractivity contribution in [3.63, 3.8) is 0 Å². The average molecular weight is 302 g/mol. The van der Waals surface area contributed by atoms with Crippen molar-refractivity contribution >= 4 is 29.5 Å². The number of hydrogen-bond donors (Lipinski definition) is 1. The molecule has 0 aromatic heterocycles. The molecule has 108 valence electrons. The highest BCUT2D eigenvalue weighted by Crippen LogP contribution is 2.65. The number of carbonyl (C=O) groups is 1. The zero-order valence-corrected chi connectivity index (χ0v) is 13.2. The number of ether oxygens (including phenoxy) is 1. The SMILES string of the molecule is COC(=O)[C@H]1[C@@H]2CC[C@H](O)[C@@]2(C)CCC12SCCS2. The summed E-state index contributed by atoms with van der Waals surface area (Å²) in [6.45, 7) is 2.17. The minimum atomic E-state index is -0.251. The van der Waals surface area contributed by atoms with Crippen LogP contribution in [0.2, 0.25) is 0 Å². The molecule has 2 saturated carbocycles. The minimum absolute atomic E-state index is 0.0152. The molecule has 1 N–H and O–H groups in total. The van der Waals surface area contributed by atoms with Crippen LogP contribution in [0.3, 0.4) is 0 Å². The number of aliphatic hydroxyl groups is 1. The van der Waals surface area contributed by atoms with E-state index in [-0.39, 0.29) is 33.4 Å². The molecule has 1 spiro atoms. The summed E-state index contributed by atoms with van der Waals surface area (Å²) in [5.41, 5.74) is -0.0895. The smallest absolute Gasteiger partial charge is 0.311 e. The first-order chi connectivity index (χ1) is 9.03. The average Bonchev–Trinajstić information content (AvgIpc) is 2.98. The fourth-order valence-corrected chi connectivity index (χ4v) is 7.88. The molecule has 19 heavy (non-hydrogen) atoms. The summed E-state index contributed by atoms with van der Waals surface area (Å²) in [4.78, 5) is 12.4. The van der Waals surface area contributed by atoms with Crippen LogP contribution in [0.15, 0.2) is 0 Å². The summed E-state index contributed by atoms with van der Waals surface area (Å²) < 4.78 is 5.13. The maximum Gasteiger partial charge on any atom is 0.311 e. The number of thioether (sulfide) groups is 2. The van der Waals surface area contributed by atoms with Gasteiger partial charge in [-0.1, -0.05) is 6.92 Å². The molecule has 3 aliphatic rings. The van der Waals surface area contributed by atoms with Gasteiger partial charge in [-0.3, -0.25) is 4.79 Å². The van der Waals surface area contributed by atoms with E-state index in [9.17, 15) is 9.90 Å². The molecule has 4 atom stereocenters. The largest absolute Gasteiger partial charge is 0.469 e. The lowest BCUT2D eigenvalue weighted by Gasteiger charge is -2.50. The molecule has 1 saturated heterocycles. The molecular formula is C14H22O3S2. The van der Waals surface area contributed by atoms with E-state index < -0.39 is 0 Å². The molecule has 0 aromatic rings. The van der Waals surface area contributed by atoms with Gasteiger partial charge >= 0.3 is 5.97 Å². The Kier molecular flexibility index (Phi) is 3.59. The van der Waals surface area contributed by atoms with Gasteiger partial charge in [0.05, 0.1) is 23.2 Å². The second-order valence-electron chi connectivity index (χ2n) is 6.22. The molecule has 0 radical (unpaired) electrons. The first-order valence-electron chi connectivity index (χ1n) is 7.07. The first-order valence-corrected chi connectivity index (χ1v) is 9.04. The highest BCUT2D eigenvalue weighted by Gasteiger charge is 2.62. The Morgan fingerprint density at radius 2 is 1.95 bits per heavy atom. The van der Waals surface area contributed by atoms with Crippen LogP contribution in [0, 0.1) is 17.3 Å². The third-order valence-electron chi connectivity index (χ3n) is 5.48. The van der Waals surface area contributed by atoms with Gasteiger partial charge in [0.25, 0.3) is 0 Å². The van der Waals surface area contributed by atoms with Gasteiger partial charge in [0.1, 0.15) is 0 Å². The Labute approximate surface area is 123 Å². The number of methoxy groups -OCH3 is 1. The number of hydrogen-bond acceptors (Lipinski definition) is 5. The minimum Gasteiger partial charge on any atom is -0.469 e. The lowest BCUT2D eigenvalue weighted by atomic mass is 9.63. The van der Waals surface area contributed by atoms with Crippen LogP contribution in [-0.2, 0) is 9.53 Å². The van der Waals surface area contributed by atoms with Crippen LogP contribution in [0.25, 0.3) is 0 Å². The number of rotatable bonds is 1. The van der Waals surface area contributed by atoms with E-state index in [2.05, 4.69) is 6.92 Å². The van der Waals surface area contributed by atoms with Gasteiger partial charge in [0.2, 0.25) is 0 Å². The Balaban J connectivity index is 1.97. The van der Waals surface area contributed by atoms with Crippen LogP contribution in [0.5, 0.6) is 0 Å². The standard InChI is InChI=1S/C14H22O3S2/c1-13-5-6-14(18-7-8-19-14)11(12(16)17-2)9(13)3-4-10(13)15/h9-11,15H,3-8H2,1-2H3/t9-,10-,11+,13-/m0/s1. The maximum absolute atomic E-state index is 12.4. The molecule has 0 bridgehead atoms. The van der Waals surface area contributed by atoms with Crippen molar-refractivity contribution in [2.75, 3.05) is 18.6 Å². The molecule has 2 aliphatic carbocycles. The molecule has 5 heteroatoms. The molecule has 0 aromatic carbocycles. The molecule has 0 amide bonds. The van der Waals surface area contributed by atoms with E-state index in [1.54, 1.807) is 0 Å². The third kappa shape index (κ3) is 1.95. The van der Waals surface area contributed by atoms with Crippen molar-refractivity contribution in [1.29, 1.82) is 0 Å². The van der Waals surface area contributed by atoms with Crippen molar-refractivity contribution in [3.05, 3.63) is 0 Å². The van der Waals surface area contributed by atoms with Crippen LogP contribution < -0.4 is 0 Å². The molecular weight excluding hydrogens is 280 g/mol. The van der Waals surface area contributed by atoms with Gasteiger partial charge in [0.15, 0.2) is 0 Å². The summed E-state index contributed by atoms with van der Waals surface area (Å²) in [5.74, 6) is 2.42. The first kappa shape index (κ1) is 14.1. The predicted octanol–water partition coefficient (Wildman–Crippen LogP) is 2.52. The highest BCUT2D eigenvalue weighted by molar-refractivity contribution is 8.21. The summed E-state index contributed by atoms with van der Waals surface area (Å²) in [5, 5.41) is 10.3. The number of fused-ring (bicyclic) bond motifs is 1. The Bertz CT molecular complexity index is 381. The van der Waals surface area contributed by atoms with Crippen LogP contribution in [0.4, 0.5) is 0 Å². The van der Waals surface area contributed by atoms with Crippen molar-refractivity contribution in [3.8, 4) is 0 Å². The number of carbonyl (C=O) groups excluding carboxylic acids is 1. The molecule has 3 fully saturated rings. The summed E-state index contributed by atoms with van der Waals surface area (Å²) in [7, 11) is 1.50. The Morgan fingerprint density at radius 3 is 2.58 bits per heavy atom. The van der Waals surface area contributed by atoms with Crippen molar-refractivity contribution in [1.82, 2.24) is 0 Å². The van der Waals surface area contributed by atoms with Gasteiger partial charge in [-0.25, -0.2) is 0 Å². The van der Waals surface area contributed by atoms with E-state index in [1.165, 1.54) is 7.11 Å². The van der Waals surface area contributed by atoms with E-state index >= 15 is 0 Å². The third-order valence-corrected chi connectivity index (χ3v) is 9.15. The van der Waals surface area contributed by atoms with Gasteiger partial charge < -0.3 is 9.84 Å². The quantitative estimate of drug-likeness (QED) is 0.754. The molecule has 3 nitrogen and oxygen atoms in total. The van der Waals surface area contributed by atoms with Gasteiger partial charge in [-0.2, -0.15) is 0 Å². The molecule has 0 unspecified atom stereocenters. The molecule has 1 aliphatic heterocycles. The second-order valence-corrected chi connectivity index (χ2v) is 9.32. The lowest BCUT2D eigenvalue weighted by molar-refractivity contribution is -0.152.